The van der Waals surface area contributed by atoms with Crippen LogP contribution >= 0.6 is 0 Å². The molecule has 0 saturated carbocycles. The number of β-amino-alcohol motifs (C(OH)–C–C–N with tert-alkyl or cyclic N) is 1. The molecule has 1 atom stereocenters. The summed E-state index contributed by atoms with van der Waals surface area (Å²) < 4.78 is 5.33. The third-order valence-electron chi connectivity index (χ3n) is 4.25. The summed E-state index contributed by atoms with van der Waals surface area (Å²) in [6, 6.07) is 1.84. The number of nitrogens with zero attached hydrogens (tertiary/aromatic N) is 5. The molecule has 1 aromatic heterocycles. The van der Waals surface area contributed by atoms with Gasteiger partial charge in [-0.1, -0.05) is 0 Å². The largest absolute Gasteiger partial charge is 0.390 e. The van der Waals surface area contributed by atoms with Crippen LogP contribution in [0.4, 0.5) is 5.95 Å². The van der Waals surface area contributed by atoms with Crippen molar-refractivity contribution in [2.75, 3.05) is 70.5 Å². The Bertz CT molecular complexity index is 433. The molecule has 2 fully saturated rings. The molecule has 0 aromatic carbocycles. The van der Waals surface area contributed by atoms with E-state index in [0.717, 1.165) is 71.5 Å². The Morgan fingerprint density at radius 2 is 1.55 bits per heavy atom. The number of hydrogen-bond donors (Lipinski definition) is 1. The van der Waals surface area contributed by atoms with Crippen LogP contribution in [-0.2, 0) is 4.74 Å². The molecular formula is C15H25N5O2. The molecule has 7 nitrogen and oxygen atoms in total. The van der Waals surface area contributed by atoms with Crippen LogP contribution < -0.4 is 4.90 Å². The Labute approximate surface area is 131 Å². The van der Waals surface area contributed by atoms with Crippen LogP contribution in [0.3, 0.4) is 0 Å². The maximum absolute atomic E-state index is 10.3. The van der Waals surface area contributed by atoms with Crippen molar-refractivity contribution in [1.82, 2.24) is 19.8 Å². The maximum Gasteiger partial charge on any atom is 0.225 e. The molecule has 0 amide bonds. The highest BCUT2D eigenvalue weighted by Crippen LogP contribution is 2.10. The Hall–Kier alpha value is -1.28. The summed E-state index contributed by atoms with van der Waals surface area (Å²) in [7, 11) is 0. The number of rotatable bonds is 5. The number of morpholine rings is 1. The fourth-order valence-corrected chi connectivity index (χ4v) is 3.02. The lowest BCUT2D eigenvalue weighted by Gasteiger charge is -2.36. The zero-order valence-corrected chi connectivity index (χ0v) is 13.0. The van der Waals surface area contributed by atoms with Gasteiger partial charge in [0.2, 0.25) is 5.95 Å². The van der Waals surface area contributed by atoms with Gasteiger partial charge < -0.3 is 14.7 Å². The van der Waals surface area contributed by atoms with E-state index in [1.807, 2.05) is 6.07 Å². The van der Waals surface area contributed by atoms with Gasteiger partial charge in [-0.2, -0.15) is 0 Å². The topological polar surface area (TPSA) is 65.0 Å². The van der Waals surface area contributed by atoms with Crippen LogP contribution in [0.25, 0.3) is 0 Å². The fourth-order valence-electron chi connectivity index (χ4n) is 3.02. The Balaban J connectivity index is 1.39. The number of aromatic nitrogens is 2. The van der Waals surface area contributed by atoms with Crippen LogP contribution in [0.2, 0.25) is 0 Å². The average Bonchev–Trinajstić information content (AvgIpc) is 2.57. The van der Waals surface area contributed by atoms with E-state index in [2.05, 4.69) is 24.7 Å². The molecule has 0 spiro atoms. The van der Waals surface area contributed by atoms with Gasteiger partial charge in [-0.05, 0) is 6.07 Å². The number of hydrogen-bond acceptors (Lipinski definition) is 7. The molecular weight excluding hydrogens is 282 g/mol. The van der Waals surface area contributed by atoms with Gasteiger partial charge in [-0.3, -0.25) is 9.80 Å². The molecule has 2 saturated heterocycles. The predicted octanol–water partition coefficient (Wildman–Crippen LogP) is -0.708. The second-order valence-corrected chi connectivity index (χ2v) is 5.90. The van der Waals surface area contributed by atoms with Crippen molar-refractivity contribution in [2.24, 2.45) is 0 Å². The van der Waals surface area contributed by atoms with Crippen molar-refractivity contribution < 1.29 is 9.84 Å². The molecule has 0 radical (unpaired) electrons. The standard InChI is InChI=1S/C15H25N5O2/c21-14(13-19-8-10-22-11-9-19)12-18-4-6-20(7-5-18)15-16-2-1-3-17-15/h1-3,14,21H,4-13H2/t14-/m0/s1. The summed E-state index contributed by atoms with van der Waals surface area (Å²) in [5.41, 5.74) is 0. The van der Waals surface area contributed by atoms with Crippen molar-refractivity contribution >= 4 is 5.95 Å². The van der Waals surface area contributed by atoms with Crippen LogP contribution in [0.5, 0.6) is 0 Å². The molecule has 122 valence electrons. The summed E-state index contributed by atoms with van der Waals surface area (Å²) >= 11 is 0. The van der Waals surface area contributed by atoms with Gasteiger partial charge >= 0.3 is 0 Å². The Morgan fingerprint density at radius 1 is 0.955 bits per heavy atom. The Morgan fingerprint density at radius 3 is 2.18 bits per heavy atom. The van der Waals surface area contributed by atoms with Gasteiger partial charge in [0.25, 0.3) is 0 Å². The first-order chi connectivity index (χ1) is 10.8. The SMILES string of the molecule is O[C@H](CN1CCOCC1)CN1CCN(c2ncccn2)CC1. The quantitative estimate of drug-likeness (QED) is 0.771. The van der Waals surface area contributed by atoms with Crippen LogP contribution in [0.15, 0.2) is 18.5 Å². The molecule has 7 heteroatoms. The fraction of sp³-hybridized carbons (Fsp3) is 0.733. The van der Waals surface area contributed by atoms with Crippen LogP contribution in [-0.4, -0.2) is 96.6 Å². The van der Waals surface area contributed by atoms with E-state index >= 15 is 0 Å². The zero-order chi connectivity index (χ0) is 15.2. The van der Waals surface area contributed by atoms with E-state index in [0.29, 0.717) is 0 Å². The summed E-state index contributed by atoms with van der Waals surface area (Å²) in [5, 5.41) is 10.3. The van der Waals surface area contributed by atoms with E-state index in [1.165, 1.54) is 0 Å². The van der Waals surface area contributed by atoms with Crippen LogP contribution in [0.1, 0.15) is 0 Å². The van der Waals surface area contributed by atoms with Crippen molar-refractivity contribution in [2.45, 2.75) is 6.10 Å². The first-order valence-corrected chi connectivity index (χ1v) is 8.04. The van der Waals surface area contributed by atoms with Gasteiger partial charge in [-0.15, -0.1) is 0 Å². The first kappa shape index (κ1) is 15.6. The zero-order valence-electron chi connectivity index (χ0n) is 13.0. The lowest BCUT2D eigenvalue weighted by molar-refractivity contribution is 0.00654. The summed E-state index contributed by atoms with van der Waals surface area (Å²) in [6.45, 7) is 8.60. The molecule has 1 N–H and O–H groups in total. The minimum absolute atomic E-state index is 0.294. The smallest absolute Gasteiger partial charge is 0.225 e. The molecule has 2 aliphatic heterocycles. The maximum atomic E-state index is 10.3. The predicted molar refractivity (Wildman–Crippen MR) is 84.0 cm³/mol. The third kappa shape index (κ3) is 4.36. The average molecular weight is 307 g/mol. The second kappa shape index (κ2) is 7.82. The normalized spacial score (nSPS) is 22.7. The number of piperazine rings is 1. The van der Waals surface area contributed by atoms with Gasteiger partial charge in [-0.25, -0.2) is 9.97 Å². The lowest BCUT2D eigenvalue weighted by Crippen LogP contribution is -2.51. The van der Waals surface area contributed by atoms with E-state index in [4.69, 9.17) is 4.74 Å². The van der Waals surface area contributed by atoms with Gasteiger partial charge in [0.05, 0.1) is 19.3 Å². The summed E-state index contributed by atoms with van der Waals surface area (Å²) in [6.07, 6.45) is 3.26. The minimum atomic E-state index is -0.294. The van der Waals surface area contributed by atoms with Gasteiger partial charge in [0.1, 0.15) is 0 Å². The number of aliphatic hydroxyl groups is 1. The molecule has 0 bridgehead atoms. The van der Waals surface area contributed by atoms with Crippen LogP contribution in [0, 0.1) is 0 Å². The highest BCUT2D eigenvalue weighted by molar-refractivity contribution is 5.29. The third-order valence-corrected chi connectivity index (χ3v) is 4.25. The number of anilines is 1. The highest BCUT2D eigenvalue weighted by atomic mass is 16.5. The summed E-state index contributed by atoms with van der Waals surface area (Å²) in [5.74, 6) is 0.802. The van der Waals surface area contributed by atoms with Crippen molar-refractivity contribution in [3.63, 3.8) is 0 Å². The highest BCUT2D eigenvalue weighted by Gasteiger charge is 2.22. The van der Waals surface area contributed by atoms with E-state index in [-0.39, 0.29) is 6.10 Å². The van der Waals surface area contributed by atoms with E-state index in [9.17, 15) is 5.11 Å². The van der Waals surface area contributed by atoms with Crippen molar-refractivity contribution in [1.29, 1.82) is 0 Å². The lowest BCUT2D eigenvalue weighted by atomic mass is 10.2. The molecule has 0 aliphatic carbocycles. The Kier molecular flexibility index (Phi) is 5.55. The van der Waals surface area contributed by atoms with E-state index < -0.39 is 0 Å². The molecule has 22 heavy (non-hydrogen) atoms. The van der Waals surface area contributed by atoms with Crippen molar-refractivity contribution in [3.05, 3.63) is 18.5 Å². The second-order valence-electron chi connectivity index (χ2n) is 5.90. The number of ether oxygens (including phenoxy) is 1. The van der Waals surface area contributed by atoms with Gasteiger partial charge in [0, 0.05) is 64.8 Å². The molecule has 1 aromatic rings. The molecule has 3 heterocycles. The molecule has 3 rings (SSSR count). The van der Waals surface area contributed by atoms with Crippen molar-refractivity contribution in [3.8, 4) is 0 Å². The van der Waals surface area contributed by atoms with Gasteiger partial charge in [0.15, 0.2) is 0 Å². The van der Waals surface area contributed by atoms with E-state index in [1.54, 1.807) is 12.4 Å². The minimum Gasteiger partial charge on any atom is -0.390 e. The molecule has 2 aliphatic rings. The summed E-state index contributed by atoms with van der Waals surface area (Å²) in [4.78, 5) is 15.4. The monoisotopic (exact) mass is 307 g/mol. The first-order valence-electron chi connectivity index (χ1n) is 8.04. The number of aliphatic hydroxyl groups excluding tert-OH is 1. The molecule has 0 unspecified atom stereocenters.